The van der Waals surface area contributed by atoms with Crippen LogP contribution in [0.5, 0.6) is 0 Å². The van der Waals surface area contributed by atoms with E-state index in [0.717, 1.165) is 6.08 Å². The molecule has 78 valence electrons. The van der Waals surface area contributed by atoms with Crippen LogP contribution in [0, 0.1) is 0 Å². The molecule has 0 aromatic heterocycles. The number of hydrogen-bond donors (Lipinski definition) is 0. The number of carbonyl (C=O) groups is 2. The third-order valence-corrected chi connectivity index (χ3v) is 2.23. The molecular weight excluding hydrogens is 184 g/mol. The predicted molar refractivity (Wildman–Crippen MR) is 49.3 cm³/mol. The van der Waals surface area contributed by atoms with E-state index in [1.807, 2.05) is 6.92 Å². The molecule has 1 atom stereocenters. The molecule has 1 unspecified atom stereocenters. The first-order valence-corrected chi connectivity index (χ1v) is 4.69. The maximum atomic E-state index is 11.1. The minimum Gasteiger partial charge on any atom is -0.422 e. The molecule has 0 bridgehead atoms. The quantitative estimate of drug-likeness (QED) is 0.510. The van der Waals surface area contributed by atoms with Gasteiger partial charge in [0.05, 0.1) is 0 Å². The Balaban J connectivity index is 2.69. The number of hydrogen-bond acceptors (Lipinski definition) is 4. The molecule has 0 aromatic carbocycles. The summed E-state index contributed by atoms with van der Waals surface area (Å²) in [7, 11) is 0. The van der Waals surface area contributed by atoms with Crippen molar-refractivity contribution in [3.63, 3.8) is 0 Å². The first-order valence-electron chi connectivity index (χ1n) is 4.69. The lowest BCUT2D eigenvalue weighted by atomic mass is 10.0. The summed E-state index contributed by atoms with van der Waals surface area (Å²) >= 11 is 0. The van der Waals surface area contributed by atoms with Crippen LogP contribution in [-0.4, -0.2) is 17.7 Å². The summed E-state index contributed by atoms with van der Waals surface area (Å²) in [6, 6.07) is 0. The third kappa shape index (κ3) is 2.34. The monoisotopic (exact) mass is 198 g/mol. The molecule has 0 saturated carbocycles. The molecule has 0 radical (unpaired) electrons. The van der Waals surface area contributed by atoms with Gasteiger partial charge in [-0.3, -0.25) is 4.79 Å². The van der Waals surface area contributed by atoms with Crippen molar-refractivity contribution in [2.45, 2.75) is 38.4 Å². The van der Waals surface area contributed by atoms with E-state index >= 15 is 0 Å². The summed E-state index contributed by atoms with van der Waals surface area (Å²) in [4.78, 5) is 22.1. The van der Waals surface area contributed by atoms with Gasteiger partial charge in [0, 0.05) is 25.3 Å². The minimum absolute atomic E-state index is 0.310. The lowest BCUT2D eigenvalue weighted by molar-refractivity contribution is -0.237. The number of rotatable bonds is 3. The lowest BCUT2D eigenvalue weighted by Crippen LogP contribution is -2.42. The Labute approximate surface area is 82.9 Å². The van der Waals surface area contributed by atoms with E-state index < -0.39 is 11.8 Å². The predicted octanol–water partition coefficient (Wildman–Crippen LogP) is 1.55. The molecule has 1 heterocycles. The number of ether oxygens (including phenoxy) is 2. The summed E-state index contributed by atoms with van der Waals surface area (Å²) in [6.07, 6.45) is 3.19. The topological polar surface area (TPSA) is 52.6 Å². The van der Waals surface area contributed by atoms with E-state index in [9.17, 15) is 9.59 Å². The minimum atomic E-state index is -1.05. The molecule has 1 rings (SSSR count). The molecule has 14 heavy (non-hydrogen) atoms. The van der Waals surface area contributed by atoms with Gasteiger partial charge in [0.2, 0.25) is 0 Å². The summed E-state index contributed by atoms with van der Waals surface area (Å²) in [5, 5.41) is 0. The van der Waals surface area contributed by atoms with E-state index in [1.54, 1.807) is 0 Å². The number of cyclic esters (lactones) is 1. The van der Waals surface area contributed by atoms with Crippen molar-refractivity contribution in [2.75, 3.05) is 0 Å². The van der Waals surface area contributed by atoms with Crippen molar-refractivity contribution in [3.05, 3.63) is 12.7 Å². The summed E-state index contributed by atoms with van der Waals surface area (Å²) < 4.78 is 10.1. The average molecular weight is 198 g/mol. The van der Waals surface area contributed by atoms with Crippen LogP contribution < -0.4 is 0 Å². The highest BCUT2D eigenvalue weighted by Gasteiger charge is 2.39. The first kappa shape index (κ1) is 10.8. The van der Waals surface area contributed by atoms with Crippen LogP contribution >= 0.6 is 0 Å². The molecule has 0 spiro atoms. The molecule has 1 aliphatic heterocycles. The second-order valence-corrected chi connectivity index (χ2v) is 3.22. The third-order valence-electron chi connectivity index (χ3n) is 2.23. The van der Waals surface area contributed by atoms with Gasteiger partial charge in [-0.25, -0.2) is 4.79 Å². The van der Waals surface area contributed by atoms with E-state index in [-0.39, 0.29) is 5.97 Å². The Morgan fingerprint density at radius 1 is 1.79 bits per heavy atom. The summed E-state index contributed by atoms with van der Waals surface area (Å²) in [5.74, 6) is -1.92. The van der Waals surface area contributed by atoms with E-state index in [2.05, 4.69) is 6.58 Å². The van der Waals surface area contributed by atoms with Crippen molar-refractivity contribution >= 4 is 11.9 Å². The Morgan fingerprint density at radius 2 is 2.50 bits per heavy atom. The van der Waals surface area contributed by atoms with Gasteiger partial charge in [0.15, 0.2) is 0 Å². The smallest absolute Gasteiger partial charge is 0.333 e. The Morgan fingerprint density at radius 3 is 3.00 bits per heavy atom. The van der Waals surface area contributed by atoms with Gasteiger partial charge in [-0.2, -0.15) is 0 Å². The largest absolute Gasteiger partial charge is 0.422 e. The number of carbonyl (C=O) groups excluding carboxylic acids is 2. The molecular formula is C10H14O4. The highest BCUT2D eigenvalue weighted by Crippen LogP contribution is 2.30. The van der Waals surface area contributed by atoms with Crippen LogP contribution in [-0.2, 0) is 19.1 Å². The zero-order chi connectivity index (χ0) is 10.6. The molecule has 1 aliphatic rings. The van der Waals surface area contributed by atoms with Gasteiger partial charge in [-0.15, -0.1) is 0 Å². The van der Waals surface area contributed by atoms with Gasteiger partial charge < -0.3 is 9.47 Å². The standard InChI is InChI=1S/C10H14O4/c1-3-8(11)13-10(4-2)7-5-6-9(12)14-10/h3H,1,4-7H2,2H3. The van der Waals surface area contributed by atoms with Crippen molar-refractivity contribution in [3.8, 4) is 0 Å². The SMILES string of the molecule is C=CC(=O)OC1(CC)CCCC(=O)O1. The fourth-order valence-electron chi connectivity index (χ4n) is 1.43. The molecule has 0 amide bonds. The van der Waals surface area contributed by atoms with Crippen LogP contribution in [0.2, 0.25) is 0 Å². The summed E-state index contributed by atoms with van der Waals surface area (Å²) in [5.41, 5.74) is 0. The van der Waals surface area contributed by atoms with Gasteiger partial charge in [-0.1, -0.05) is 13.5 Å². The van der Waals surface area contributed by atoms with Crippen LogP contribution in [0.4, 0.5) is 0 Å². The normalized spacial score (nSPS) is 26.5. The first-order chi connectivity index (χ1) is 6.62. The highest BCUT2D eigenvalue weighted by atomic mass is 16.7. The van der Waals surface area contributed by atoms with Crippen molar-refractivity contribution < 1.29 is 19.1 Å². The second-order valence-electron chi connectivity index (χ2n) is 3.22. The maximum Gasteiger partial charge on any atom is 0.333 e. The molecule has 1 saturated heterocycles. The van der Waals surface area contributed by atoms with E-state index in [4.69, 9.17) is 9.47 Å². The molecule has 4 heteroatoms. The Kier molecular flexibility index (Phi) is 3.28. The molecule has 0 aromatic rings. The zero-order valence-corrected chi connectivity index (χ0v) is 8.25. The Bertz CT molecular complexity index is 259. The molecule has 0 N–H and O–H groups in total. The van der Waals surface area contributed by atoms with Crippen molar-refractivity contribution in [1.29, 1.82) is 0 Å². The van der Waals surface area contributed by atoms with Gasteiger partial charge >= 0.3 is 11.9 Å². The number of esters is 2. The van der Waals surface area contributed by atoms with Crippen LogP contribution in [0.3, 0.4) is 0 Å². The second kappa shape index (κ2) is 4.26. The van der Waals surface area contributed by atoms with E-state index in [0.29, 0.717) is 25.7 Å². The fourth-order valence-corrected chi connectivity index (χ4v) is 1.43. The van der Waals surface area contributed by atoms with E-state index in [1.165, 1.54) is 0 Å². The Hall–Kier alpha value is -1.32. The van der Waals surface area contributed by atoms with Gasteiger partial charge in [0.1, 0.15) is 0 Å². The highest BCUT2D eigenvalue weighted by molar-refractivity contribution is 5.81. The average Bonchev–Trinajstić information content (AvgIpc) is 2.17. The maximum absolute atomic E-state index is 11.1. The molecule has 4 nitrogen and oxygen atoms in total. The summed E-state index contributed by atoms with van der Waals surface area (Å²) in [6.45, 7) is 5.11. The zero-order valence-electron chi connectivity index (χ0n) is 8.25. The molecule has 0 aliphatic carbocycles. The van der Waals surface area contributed by atoms with Crippen LogP contribution in [0.25, 0.3) is 0 Å². The van der Waals surface area contributed by atoms with Crippen LogP contribution in [0.15, 0.2) is 12.7 Å². The van der Waals surface area contributed by atoms with Crippen LogP contribution in [0.1, 0.15) is 32.6 Å². The lowest BCUT2D eigenvalue weighted by Gasteiger charge is -2.34. The van der Waals surface area contributed by atoms with Crippen molar-refractivity contribution in [2.24, 2.45) is 0 Å². The molecule has 1 fully saturated rings. The van der Waals surface area contributed by atoms with Gasteiger partial charge in [-0.05, 0) is 6.42 Å². The fraction of sp³-hybridized carbons (Fsp3) is 0.600. The van der Waals surface area contributed by atoms with Crippen molar-refractivity contribution in [1.82, 2.24) is 0 Å². The van der Waals surface area contributed by atoms with Gasteiger partial charge in [0.25, 0.3) is 5.79 Å².